The first-order chi connectivity index (χ1) is 10.6. The molecule has 4 rings (SSSR count). The number of hydrogen-bond donors (Lipinski definition) is 0. The zero-order valence-electron chi connectivity index (χ0n) is 11.2. The molecule has 1 aliphatic heterocycles. The highest BCUT2D eigenvalue weighted by Crippen LogP contribution is 2.30. The Balaban J connectivity index is 1.98. The summed E-state index contributed by atoms with van der Waals surface area (Å²) in [5, 5.41) is 0.986. The van der Waals surface area contributed by atoms with Crippen LogP contribution in [0, 0.1) is 23.3 Å². The van der Waals surface area contributed by atoms with Crippen molar-refractivity contribution in [1.29, 1.82) is 0 Å². The Labute approximate surface area is 122 Å². The van der Waals surface area contributed by atoms with Crippen LogP contribution in [0.3, 0.4) is 0 Å². The van der Waals surface area contributed by atoms with Gasteiger partial charge in [0.05, 0.1) is 11.1 Å². The maximum Gasteiger partial charge on any atom is 0.285 e. The van der Waals surface area contributed by atoms with Crippen LogP contribution in [0.1, 0.15) is 5.56 Å². The summed E-state index contributed by atoms with van der Waals surface area (Å²) < 4.78 is 57.7. The van der Waals surface area contributed by atoms with Crippen LogP contribution in [-0.2, 0) is 6.67 Å². The molecule has 0 unspecified atom stereocenters. The highest BCUT2D eigenvalue weighted by molar-refractivity contribution is 5.97. The van der Waals surface area contributed by atoms with Gasteiger partial charge in [-0.25, -0.2) is 8.78 Å². The van der Waals surface area contributed by atoms with E-state index in [-0.39, 0.29) is 12.7 Å². The van der Waals surface area contributed by atoms with E-state index in [1.165, 1.54) is 10.8 Å². The summed E-state index contributed by atoms with van der Waals surface area (Å²) in [6, 6.07) is 7.58. The van der Waals surface area contributed by atoms with Crippen molar-refractivity contribution >= 4 is 22.8 Å². The van der Waals surface area contributed by atoms with Gasteiger partial charge in [-0.1, -0.05) is 12.1 Å². The Kier molecular flexibility index (Phi) is 2.63. The molecule has 2 heterocycles. The van der Waals surface area contributed by atoms with Crippen molar-refractivity contribution in [1.82, 2.24) is 4.57 Å². The molecule has 2 nitrogen and oxygen atoms in total. The molecular weight excluding hydrogens is 296 g/mol. The third-order valence-corrected chi connectivity index (χ3v) is 3.80. The predicted molar refractivity (Wildman–Crippen MR) is 73.3 cm³/mol. The van der Waals surface area contributed by atoms with E-state index < -0.39 is 29.0 Å². The van der Waals surface area contributed by atoms with Crippen molar-refractivity contribution in [3.8, 4) is 0 Å². The number of hydrogen-bond acceptors (Lipinski definition) is 0. The van der Waals surface area contributed by atoms with E-state index in [9.17, 15) is 17.6 Å². The highest BCUT2D eigenvalue weighted by Gasteiger charge is 2.30. The summed E-state index contributed by atoms with van der Waals surface area (Å²) in [7, 11) is 0. The van der Waals surface area contributed by atoms with E-state index in [1.807, 2.05) is 12.1 Å². The SMILES string of the molecule is Fc1cc(F)c(F)c([N+]2=Cc3cccc4ccn(c34)C2)c1F. The van der Waals surface area contributed by atoms with Gasteiger partial charge in [-0.05, 0) is 12.1 Å². The minimum atomic E-state index is -1.42. The molecule has 110 valence electrons. The topological polar surface area (TPSA) is 7.94 Å². The zero-order valence-corrected chi connectivity index (χ0v) is 11.2. The molecule has 1 aliphatic rings. The van der Waals surface area contributed by atoms with Gasteiger partial charge < -0.3 is 0 Å². The molecule has 0 spiro atoms. The van der Waals surface area contributed by atoms with Gasteiger partial charge in [-0.2, -0.15) is 13.4 Å². The van der Waals surface area contributed by atoms with Crippen LogP contribution in [0.5, 0.6) is 0 Å². The number of rotatable bonds is 1. The molecule has 0 amide bonds. The van der Waals surface area contributed by atoms with E-state index >= 15 is 0 Å². The molecule has 0 saturated carbocycles. The maximum absolute atomic E-state index is 14.0. The molecule has 0 bridgehead atoms. The van der Waals surface area contributed by atoms with Gasteiger partial charge >= 0.3 is 0 Å². The van der Waals surface area contributed by atoms with Gasteiger partial charge in [0.2, 0.25) is 18.3 Å². The minimum absolute atomic E-state index is 0.0667. The largest absolute Gasteiger partial charge is 0.291 e. The number of halogens is 4. The van der Waals surface area contributed by atoms with Crippen molar-refractivity contribution in [2.45, 2.75) is 6.67 Å². The summed E-state index contributed by atoms with van der Waals surface area (Å²) in [4.78, 5) is 0. The lowest BCUT2D eigenvalue weighted by Gasteiger charge is -2.13. The van der Waals surface area contributed by atoms with Crippen molar-refractivity contribution < 1.29 is 22.1 Å². The molecule has 1 aromatic heterocycles. The van der Waals surface area contributed by atoms with Crippen LogP contribution in [0.4, 0.5) is 23.2 Å². The lowest BCUT2D eigenvalue weighted by molar-refractivity contribution is -0.476. The molecule has 0 saturated heterocycles. The summed E-state index contributed by atoms with van der Waals surface area (Å²) in [6.07, 6.45) is 3.25. The van der Waals surface area contributed by atoms with Crippen LogP contribution in [-0.4, -0.2) is 15.4 Å². The Morgan fingerprint density at radius 3 is 2.41 bits per heavy atom. The molecule has 6 heteroatoms. The van der Waals surface area contributed by atoms with Crippen molar-refractivity contribution in [2.24, 2.45) is 0 Å². The average molecular weight is 305 g/mol. The maximum atomic E-state index is 14.0. The van der Waals surface area contributed by atoms with Crippen molar-refractivity contribution in [3.05, 3.63) is 65.4 Å². The second-order valence-corrected chi connectivity index (χ2v) is 5.13. The molecule has 22 heavy (non-hydrogen) atoms. The van der Waals surface area contributed by atoms with Crippen LogP contribution in [0.25, 0.3) is 10.9 Å². The molecule has 0 radical (unpaired) electrons. The summed E-state index contributed by atoms with van der Waals surface area (Å²) in [5.74, 6) is -5.64. The predicted octanol–water partition coefficient (Wildman–Crippen LogP) is 3.93. The van der Waals surface area contributed by atoms with E-state index in [4.69, 9.17) is 0 Å². The monoisotopic (exact) mass is 305 g/mol. The Bertz CT molecular complexity index is 930. The fraction of sp³-hybridized carbons (Fsp3) is 0.0625. The zero-order chi connectivity index (χ0) is 15.4. The average Bonchev–Trinajstić information content (AvgIpc) is 2.91. The second kappa shape index (κ2) is 4.43. The normalized spacial score (nSPS) is 13.5. The molecule has 0 aliphatic carbocycles. The lowest BCUT2D eigenvalue weighted by atomic mass is 10.1. The second-order valence-electron chi connectivity index (χ2n) is 5.13. The smallest absolute Gasteiger partial charge is 0.285 e. The quantitative estimate of drug-likeness (QED) is 0.366. The van der Waals surface area contributed by atoms with Gasteiger partial charge in [-0.3, -0.25) is 4.57 Å². The van der Waals surface area contributed by atoms with Crippen LogP contribution in [0.15, 0.2) is 36.5 Å². The first kappa shape index (κ1) is 13.1. The molecule has 0 atom stereocenters. The van der Waals surface area contributed by atoms with E-state index in [0.29, 0.717) is 0 Å². The number of benzene rings is 2. The van der Waals surface area contributed by atoms with E-state index in [1.54, 1.807) is 22.9 Å². The Morgan fingerprint density at radius 1 is 0.955 bits per heavy atom. The first-order valence-electron chi connectivity index (χ1n) is 6.58. The van der Waals surface area contributed by atoms with Crippen molar-refractivity contribution in [2.75, 3.05) is 0 Å². The first-order valence-corrected chi connectivity index (χ1v) is 6.58. The molecule has 0 fully saturated rings. The van der Waals surface area contributed by atoms with Crippen LogP contribution >= 0.6 is 0 Å². The van der Waals surface area contributed by atoms with Gasteiger partial charge in [0, 0.05) is 17.6 Å². The van der Waals surface area contributed by atoms with Crippen molar-refractivity contribution in [3.63, 3.8) is 0 Å². The summed E-state index contributed by atoms with van der Waals surface area (Å²) in [5.41, 5.74) is 0.905. The van der Waals surface area contributed by atoms with E-state index in [2.05, 4.69) is 0 Å². The number of aromatic nitrogens is 1. The van der Waals surface area contributed by atoms with Crippen LogP contribution in [0.2, 0.25) is 0 Å². The van der Waals surface area contributed by atoms with Gasteiger partial charge in [0.25, 0.3) is 5.69 Å². The third kappa shape index (κ3) is 1.70. The summed E-state index contributed by atoms with van der Waals surface area (Å²) >= 11 is 0. The van der Waals surface area contributed by atoms with Gasteiger partial charge in [0.1, 0.15) is 0 Å². The molecule has 3 aromatic rings. The standard InChI is InChI=1S/C16H9F4N2/c17-11-6-12(18)14(20)16(13(11)19)22-7-10-3-1-2-9-4-5-21(8-22)15(9)10/h1-7H,8H2/q+1. The molecule has 0 N–H and O–H groups in total. The fourth-order valence-corrected chi connectivity index (χ4v) is 2.83. The molecular formula is C16H9F4N2+. The number of para-hydroxylation sites is 1. The number of nitrogens with zero attached hydrogens (tertiary/aromatic N) is 2. The Hall–Kier alpha value is -2.63. The van der Waals surface area contributed by atoms with Crippen LogP contribution < -0.4 is 0 Å². The highest BCUT2D eigenvalue weighted by atomic mass is 19.2. The summed E-state index contributed by atoms with van der Waals surface area (Å²) in [6.45, 7) is 0.0667. The Morgan fingerprint density at radius 2 is 1.68 bits per heavy atom. The minimum Gasteiger partial charge on any atom is -0.291 e. The lowest BCUT2D eigenvalue weighted by Crippen LogP contribution is -2.20. The third-order valence-electron chi connectivity index (χ3n) is 3.80. The molecule has 2 aromatic carbocycles. The van der Waals surface area contributed by atoms with Gasteiger partial charge in [-0.15, -0.1) is 0 Å². The van der Waals surface area contributed by atoms with E-state index in [0.717, 1.165) is 16.5 Å². The van der Waals surface area contributed by atoms with Gasteiger partial charge in [0.15, 0.2) is 17.8 Å². The fourth-order valence-electron chi connectivity index (χ4n) is 2.83.